The van der Waals surface area contributed by atoms with Gasteiger partial charge in [0.1, 0.15) is 5.75 Å². The Bertz CT molecular complexity index is 652. The molecule has 4 N–H and O–H groups in total. The number of carbonyl (C=O) groups is 1. The lowest BCUT2D eigenvalue weighted by molar-refractivity contribution is 0.0287. The van der Waals surface area contributed by atoms with E-state index < -0.39 is 5.91 Å². The first-order valence-electron chi connectivity index (χ1n) is 8.80. The van der Waals surface area contributed by atoms with Crippen molar-refractivity contribution in [3.8, 4) is 5.75 Å². The van der Waals surface area contributed by atoms with Gasteiger partial charge < -0.3 is 16.2 Å². The van der Waals surface area contributed by atoms with E-state index in [0.29, 0.717) is 34.8 Å². The third-order valence-electron chi connectivity index (χ3n) is 5.77. The van der Waals surface area contributed by atoms with E-state index in [1.807, 2.05) is 6.07 Å². The number of nitrogens with two attached hydrogens (primary N) is 2. The summed E-state index contributed by atoms with van der Waals surface area (Å²) in [5.74, 6) is 1.37. The third-order valence-corrected chi connectivity index (χ3v) is 6.09. The van der Waals surface area contributed by atoms with Crippen LogP contribution in [0.15, 0.2) is 12.1 Å². The Morgan fingerprint density at radius 2 is 1.96 bits per heavy atom. The normalized spacial score (nSPS) is 31.9. The van der Waals surface area contributed by atoms with Crippen molar-refractivity contribution in [1.82, 2.24) is 4.90 Å². The molecule has 1 aliphatic carbocycles. The predicted octanol–water partition coefficient (Wildman–Crippen LogP) is 2.32. The van der Waals surface area contributed by atoms with E-state index in [1.165, 1.54) is 12.8 Å². The monoisotopic (exact) mass is 349 g/mol. The Balaban J connectivity index is 1.69. The molecule has 24 heavy (non-hydrogen) atoms. The zero-order valence-electron chi connectivity index (χ0n) is 13.7. The molecule has 130 valence electrons. The largest absolute Gasteiger partial charge is 0.492 e. The number of ether oxygens (including phenoxy) is 1. The summed E-state index contributed by atoms with van der Waals surface area (Å²) >= 11 is 6.52. The highest BCUT2D eigenvalue weighted by Gasteiger charge is 2.42. The molecule has 0 radical (unpaired) electrons. The molecule has 4 fully saturated rings. The molecule has 0 spiro atoms. The molecule has 1 aromatic rings. The van der Waals surface area contributed by atoms with Gasteiger partial charge in [-0.3, -0.25) is 9.69 Å². The summed E-state index contributed by atoms with van der Waals surface area (Å²) in [6, 6.07) is 3.57. The second kappa shape index (κ2) is 6.21. The van der Waals surface area contributed by atoms with Crippen molar-refractivity contribution in [2.24, 2.45) is 23.3 Å². The number of piperidine rings is 3. The van der Waals surface area contributed by atoms with E-state index in [0.717, 1.165) is 31.5 Å². The SMILES string of the molecule is NC(=O)c1cc(Cl)c(C2C3CCN(CC3)C2N)cc1OCC1CC1. The van der Waals surface area contributed by atoms with Crippen molar-refractivity contribution >= 4 is 17.5 Å². The van der Waals surface area contributed by atoms with Crippen LogP contribution in [0.5, 0.6) is 5.75 Å². The van der Waals surface area contributed by atoms with Gasteiger partial charge in [0, 0.05) is 10.9 Å². The first kappa shape index (κ1) is 16.2. The van der Waals surface area contributed by atoms with Crippen molar-refractivity contribution in [1.29, 1.82) is 0 Å². The van der Waals surface area contributed by atoms with Crippen molar-refractivity contribution in [2.75, 3.05) is 19.7 Å². The molecule has 6 heteroatoms. The van der Waals surface area contributed by atoms with Crippen LogP contribution in [0.25, 0.3) is 0 Å². The number of benzene rings is 1. The summed E-state index contributed by atoms with van der Waals surface area (Å²) in [5, 5.41) is 0.566. The highest BCUT2D eigenvalue weighted by atomic mass is 35.5. The minimum Gasteiger partial charge on any atom is -0.492 e. The highest BCUT2D eigenvalue weighted by Crippen LogP contribution is 2.45. The van der Waals surface area contributed by atoms with Gasteiger partial charge in [0.2, 0.25) is 0 Å². The predicted molar refractivity (Wildman–Crippen MR) is 93.2 cm³/mol. The van der Waals surface area contributed by atoms with Gasteiger partial charge in [0.15, 0.2) is 0 Å². The molecule has 0 aromatic heterocycles. The summed E-state index contributed by atoms with van der Waals surface area (Å²) in [4.78, 5) is 14.1. The molecule has 3 aliphatic heterocycles. The molecule has 3 saturated heterocycles. The molecular weight excluding hydrogens is 326 g/mol. The van der Waals surface area contributed by atoms with E-state index in [-0.39, 0.29) is 12.1 Å². The van der Waals surface area contributed by atoms with Gasteiger partial charge in [-0.15, -0.1) is 0 Å². The summed E-state index contributed by atoms with van der Waals surface area (Å²) < 4.78 is 5.91. The summed E-state index contributed by atoms with van der Waals surface area (Å²) in [6.07, 6.45) is 4.65. The number of halogens is 1. The van der Waals surface area contributed by atoms with Crippen LogP contribution >= 0.6 is 11.6 Å². The molecule has 5 rings (SSSR count). The lowest BCUT2D eigenvalue weighted by Gasteiger charge is -2.49. The van der Waals surface area contributed by atoms with Crippen molar-refractivity contribution in [3.63, 3.8) is 0 Å². The zero-order valence-corrected chi connectivity index (χ0v) is 14.5. The average molecular weight is 350 g/mol. The lowest BCUT2D eigenvalue weighted by Crippen LogP contribution is -2.57. The number of hydrogen-bond donors (Lipinski definition) is 2. The van der Waals surface area contributed by atoms with Crippen LogP contribution in [0.1, 0.15) is 47.5 Å². The fraction of sp³-hybridized carbons (Fsp3) is 0.611. The van der Waals surface area contributed by atoms with E-state index in [9.17, 15) is 4.79 Å². The first-order valence-corrected chi connectivity index (χ1v) is 9.18. The molecule has 1 aromatic carbocycles. The maximum Gasteiger partial charge on any atom is 0.252 e. The maximum absolute atomic E-state index is 11.8. The van der Waals surface area contributed by atoms with Crippen LogP contribution in [0.3, 0.4) is 0 Å². The Labute approximate surface area is 147 Å². The second-order valence-corrected chi connectivity index (χ2v) is 7.79. The van der Waals surface area contributed by atoms with Gasteiger partial charge >= 0.3 is 0 Å². The standard InChI is InChI=1S/C18H24ClN3O2/c19-14-7-13(18(21)23)15(24-9-10-1-2-10)8-12(14)16-11-3-5-22(6-4-11)17(16)20/h7-8,10-11,16-17H,1-6,9,20H2,(H2,21,23). The fourth-order valence-electron chi connectivity index (χ4n) is 4.15. The van der Waals surface area contributed by atoms with E-state index >= 15 is 0 Å². The maximum atomic E-state index is 11.8. The smallest absolute Gasteiger partial charge is 0.252 e. The molecule has 1 amide bonds. The Morgan fingerprint density at radius 3 is 2.54 bits per heavy atom. The van der Waals surface area contributed by atoms with Crippen LogP contribution < -0.4 is 16.2 Å². The minimum absolute atomic E-state index is 0.0225. The van der Waals surface area contributed by atoms with E-state index in [4.69, 9.17) is 27.8 Å². The Kier molecular flexibility index (Phi) is 4.19. The number of amides is 1. The van der Waals surface area contributed by atoms with Crippen molar-refractivity contribution < 1.29 is 9.53 Å². The van der Waals surface area contributed by atoms with Gasteiger partial charge in [-0.1, -0.05) is 11.6 Å². The van der Waals surface area contributed by atoms with Gasteiger partial charge in [-0.2, -0.15) is 0 Å². The molecule has 2 bridgehead atoms. The van der Waals surface area contributed by atoms with Crippen LogP contribution in [0, 0.1) is 11.8 Å². The number of rotatable bonds is 5. The molecule has 4 aliphatic rings. The Hall–Kier alpha value is -1.30. The fourth-order valence-corrected chi connectivity index (χ4v) is 4.44. The molecule has 2 atom stereocenters. The topological polar surface area (TPSA) is 81.6 Å². The van der Waals surface area contributed by atoms with Gasteiger partial charge in [-0.25, -0.2) is 0 Å². The second-order valence-electron chi connectivity index (χ2n) is 7.38. The van der Waals surface area contributed by atoms with E-state index in [1.54, 1.807) is 6.07 Å². The minimum atomic E-state index is -0.507. The number of carbonyl (C=O) groups excluding carboxylic acids is 1. The molecule has 2 unspecified atom stereocenters. The molecular formula is C18H24ClN3O2. The number of nitrogens with zero attached hydrogens (tertiary/aromatic N) is 1. The van der Waals surface area contributed by atoms with Crippen molar-refractivity contribution in [3.05, 3.63) is 28.3 Å². The molecule has 1 saturated carbocycles. The quantitative estimate of drug-likeness (QED) is 0.854. The summed E-state index contributed by atoms with van der Waals surface area (Å²) in [7, 11) is 0. The first-order chi connectivity index (χ1) is 11.5. The summed E-state index contributed by atoms with van der Waals surface area (Å²) in [5.41, 5.74) is 13.3. The lowest BCUT2D eigenvalue weighted by atomic mass is 9.73. The van der Waals surface area contributed by atoms with Gasteiger partial charge in [0.05, 0.1) is 18.3 Å². The number of fused-ring (bicyclic) bond motifs is 3. The van der Waals surface area contributed by atoms with Gasteiger partial charge in [0.25, 0.3) is 5.91 Å². The van der Waals surface area contributed by atoms with Crippen LogP contribution in [0.2, 0.25) is 5.02 Å². The molecule has 5 nitrogen and oxygen atoms in total. The third kappa shape index (κ3) is 2.89. The van der Waals surface area contributed by atoms with Crippen molar-refractivity contribution in [2.45, 2.75) is 37.8 Å². The van der Waals surface area contributed by atoms with E-state index in [2.05, 4.69) is 4.90 Å². The number of hydrogen-bond acceptors (Lipinski definition) is 4. The molecule has 3 heterocycles. The Morgan fingerprint density at radius 1 is 1.25 bits per heavy atom. The highest BCUT2D eigenvalue weighted by molar-refractivity contribution is 6.32. The van der Waals surface area contributed by atoms with Crippen LogP contribution in [-0.2, 0) is 0 Å². The van der Waals surface area contributed by atoms with Gasteiger partial charge in [-0.05, 0) is 68.3 Å². The zero-order chi connectivity index (χ0) is 16.8. The number of primary amides is 1. The summed E-state index contributed by atoms with van der Waals surface area (Å²) in [6.45, 7) is 2.75. The van der Waals surface area contributed by atoms with Crippen LogP contribution in [-0.4, -0.2) is 36.7 Å². The van der Waals surface area contributed by atoms with Crippen LogP contribution in [0.4, 0.5) is 0 Å². The average Bonchev–Trinajstić information content (AvgIpc) is 3.39.